The van der Waals surface area contributed by atoms with Gasteiger partial charge in [-0.3, -0.25) is 4.72 Å². The summed E-state index contributed by atoms with van der Waals surface area (Å²) < 4.78 is 53.2. The van der Waals surface area contributed by atoms with Crippen LogP contribution in [-0.2, 0) is 26.6 Å². The maximum absolute atomic E-state index is 12.7. The van der Waals surface area contributed by atoms with E-state index in [4.69, 9.17) is 0 Å². The van der Waals surface area contributed by atoms with Gasteiger partial charge in [0.15, 0.2) is 0 Å². The second-order valence-corrected chi connectivity index (χ2v) is 13.1. The number of anilines is 2. The Balaban J connectivity index is 1.59. The molecule has 1 aliphatic heterocycles. The summed E-state index contributed by atoms with van der Waals surface area (Å²) in [6, 6.07) is 14.0. The Morgan fingerprint density at radius 3 is 1.90 bits per heavy atom. The molecule has 2 aromatic rings. The van der Waals surface area contributed by atoms with E-state index in [1.807, 2.05) is 12.1 Å². The molecule has 1 fully saturated rings. The molecule has 2 aromatic carbocycles. The Kier molecular flexibility index (Phi) is 6.98. The lowest BCUT2D eigenvalue weighted by molar-refractivity contribution is 0.346. The van der Waals surface area contributed by atoms with E-state index in [0.717, 1.165) is 30.5 Å². The second-order valence-electron chi connectivity index (χ2n) is 8.76. The van der Waals surface area contributed by atoms with Crippen molar-refractivity contribution in [2.75, 3.05) is 23.1 Å². The fourth-order valence-corrected chi connectivity index (χ4v) is 5.47. The molecule has 0 bridgehead atoms. The first-order chi connectivity index (χ1) is 14.5. The van der Waals surface area contributed by atoms with Crippen molar-refractivity contribution in [2.45, 2.75) is 56.2 Å². The second kappa shape index (κ2) is 9.18. The van der Waals surface area contributed by atoms with Gasteiger partial charge >= 0.3 is 0 Å². The number of hydrogen-bond donors (Lipinski definition) is 2. The summed E-state index contributed by atoms with van der Waals surface area (Å²) in [6.07, 6.45) is 2.91. The smallest absolute Gasteiger partial charge is 0.243 e. The summed E-state index contributed by atoms with van der Waals surface area (Å²) in [7, 11) is -6.89. The number of sulfonamides is 2. The van der Waals surface area contributed by atoms with Crippen LogP contribution in [0.25, 0.3) is 0 Å². The van der Waals surface area contributed by atoms with Gasteiger partial charge in [0.2, 0.25) is 20.0 Å². The summed E-state index contributed by atoms with van der Waals surface area (Å²) in [5.74, 6) is 0. The van der Waals surface area contributed by atoms with Crippen molar-refractivity contribution in [1.29, 1.82) is 0 Å². The van der Waals surface area contributed by atoms with Crippen LogP contribution in [0.4, 0.5) is 11.4 Å². The average molecular weight is 466 g/mol. The molecule has 0 spiro atoms. The SMILES string of the molecule is CC(C)(C)S(=O)(=O)Nc1ccc(CNc2ccc(S(=O)(=O)N3CCCCC3)cc2)cc1. The van der Waals surface area contributed by atoms with Gasteiger partial charge in [-0.05, 0) is 75.6 Å². The predicted octanol–water partition coefficient (Wildman–Crippen LogP) is 4.01. The van der Waals surface area contributed by atoms with Crippen molar-refractivity contribution in [1.82, 2.24) is 4.31 Å². The first-order valence-corrected chi connectivity index (χ1v) is 13.4. The van der Waals surface area contributed by atoms with E-state index < -0.39 is 24.8 Å². The minimum Gasteiger partial charge on any atom is -0.381 e. The lowest BCUT2D eigenvalue weighted by atomic mass is 10.2. The van der Waals surface area contributed by atoms with Gasteiger partial charge in [-0.25, -0.2) is 16.8 Å². The lowest BCUT2D eigenvalue weighted by Crippen LogP contribution is -2.35. The summed E-state index contributed by atoms with van der Waals surface area (Å²) in [4.78, 5) is 0.315. The fourth-order valence-electron chi connectivity index (χ4n) is 3.20. The molecule has 0 aliphatic carbocycles. The Labute approximate surface area is 186 Å². The van der Waals surface area contributed by atoms with Gasteiger partial charge in [-0.1, -0.05) is 18.6 Å². The van der Waals surface area contributed by atoms with Crippen LogP contribution in [0.5, 0.6) is 0 Å². The van der Waals surface area contributed by atoms with Gasteiger partial charge in [-0.15, -0.1) is 0 Å². The minimum atomic E-state index is -3.46. The fraction of sp³-hybridized carbons (Fsp3) is 0.455. The average Bonchev–Trinajstić information content (AvgIpc) is 2.73. The van der Waals surface area contributed by atoms with Gasteiger partial charge in [0.1, 0.15) is 0 Å². The molecular weight excluding hydrogens is 434 g/mol. The normalized spacial score (nSPS) is 16.1. The van der Waals surface area contributed by atoms with Crippen molar-refractivity contribution in [3.8, 4) is 0 Å². The van der Waals surface area contributed by atoms with Crippen molar-refractivity contribution >= 4 is 31.4 Å². The third kappa shape index (κ3) is 5.78. The van der Waals surface area contributed by atoms with Gasteiger partial charge in [-0.2, -0.15) is 4.31 Å². The van der Waals surface area contributed by atoms with Crippen LogP contribution >= 0.6 is 0 Å². The molecule has 0 aromatic heterocycles. The van der Waals surface area contributed by atoms with Crippen LogP contribution in [0, 0.1) is 0 Å². The van der Waals surface area contributed by atoms with E-state index in [9.17, 15) is 16.8 Å². The zero-order chi connectivity index (χ0) is 22.7. The first kappa shape index (κ1) is 23.6. The molecule has 0 unspecified atom stereocenters. The van der Waals surface area contributed by atoms with Crippen LogP contribution in [0.3, 0.4) is 0 Å². The van der Waals surface area contributed by atoms with Crippen LogP contribution in [0.15, 0.2) is 53.4 Å². The molecule has 0 radical (unpaired) electrons. The quantitative estimate of drug-likeness (QED) is 0.644. The van der Waals surface area contributed by atoms with Crippen molar-refractivity contribution in [3.05, 3.63) is 54.1 Å². The summed E-state index contributed by atoms with van der Waals surface area (Å²) in [6.45, 7) is 6.66. The van der Waals surface area contributed by atoms with Gasteiger partial charge in [0.25, 0.3) is 0 Å². The Morgan fingerprint density at radius 2 is 1.35 bits per heavy atom. The first-order valence-electron chi connectivity index (χ1n) is 10.4. The molecule has 31 heavy (non-hydrogen) atoms. The molecule has 1 saturated heterocycles. The summed E-state index contributed by atoms with van der Waals surface area (Å²) in [5.41, 5.74) is 2.31. The molecule has 0 amide bonds. The zero-order valence-corrected chi connectivity index (χ0v) is 19.9. The largest absolute Gasteiger partial charge is 0.381 e. The van der Waals surface area contributed by atoms with Crippen molar-refractivity contribution in [2.24, 2.45) is 0 Å². The van der Waals surface area contributed by atoms with E-state index in [0.29, 0.717) is 30.2 Å². The highest BCUT2D eigenvalue weighted by molar-refractivity contribution is 7.94. The molecule has 7 nitrogen and oxygen atoms in total. The standard InChI is InChI=1S/C22H31N3O4S2/c1-22(2,3)31(28,29)24-20-9-7-18(8-10-20)17-23-19-11-13-21(14-12-19)30(26,27)25-15-5-4-6-16-25/h7-14,23-24H,4-6,15-17H2,1-3H3. The number of nitrogens with one attached hydrogen (secondary N) is 2. The van der Waals surface area contributed by atoms with E-state index in [1.54, 1.807) is 61.5 Å². The number of benzene rings is 2. The van der Waals surface area contributed by atoms with E-state index >= 15 is 0 Å². The highest BCUT2D eigenvalue weighted by Gasteiger charge is 2.29. The third-order valence-corrected chi connectivity index (χ3v) is 9.35. The third-order valence-electron chi connectivity index (χ3n) is 5.32. The molecule has 0 atom stereocenters. The molecule has 9 heteroatoms. The van der Waals surface area contributed by atoms with Gasteiger partial charge in [0, 0.05) is 31.0 Å². The number of rotatable bonds is 7. The minimum absolute atomic E-state index is 0.315. The Bertz CT molecular complexity index is 1080. The summed E-state index contributed by atoms with van der Waals surface area (Å²) >= 11 is 0. The van der Waals surface area contributed by atoms with Crippen LogP contribution < -0.4 is 10.0 Å². The highest BCUT2D eigenvalue weighted by Crippen LogP contribution is 2.23. The molecule has 170 valence electrons. The molecule has 0 saturated carbocycles. The van der Waals surface area contributed by atoms with Crippen LogP contribution in [0.2, 0.25) is 0 Å². The molecular formula is C22H31N3O4S2. The van der Waals surface area contributed by atoms with E-state index in [1.165, 1.54) is 0 Å². The van der Waals surface area contributed by atoms with Crippen molar-refractivity contribution < 1.29 is 16.8 Å². The maximum Gasteiger partial charge on any atom is 0.243 e. The summed E-state index contributed by atoms with van der Waals surface area (Å²) in [5, 5.41) is 3.26. The Morgan fingerprint density at radius 1 is 0.806 bits per heavy atom. The zero-order valence-electron chi connectivity index (χ0n) is 18.3. The van der Waals surface area contributed by atoms with Gasteiger partial charge in [0.05, 0.1) is 9.64 Å². The predicted molar refractivity (Wildman–Crippen MR) is 125 cm³/mol. The molecule has 3 rings (SSSR count). The number of piperidine rings is 1. The van der Waals surface area contributed by atoms with Crippen LogP contribution in [0.1, 0.15) is 45.6 Å². The van der Waals surface area contributed by atoms with Crippen LogP contribution in [-0.4, -0.2) is 39.0 Å². The van der Waals surface area contributed by atoms with Gasteiger partial charge < -0.3 is 5.32 Å². The lowest BCUT2D eigenvalue weighted by Gasteiger charge is -2.25. The molecule has 2 N–H and O–H groups in total. The number of nitrogens with zero attached hydrogens (tertiary/aromatic N) is 1. The maximum atomic E-state index is 12.7. The van der Waals surface area contributed by atoms with Crippen molar-refractivity contribution in [3.63, 3.8) is 0 Å². The Hall–Kier alpha value is -2.10. The monoisotopic (exact) mass is 465 g/mol. The molecule has 1 heterocycles. The highest BCUT2D eigenvalue weighted by atomic mass is 32.2. The molecule has 1 aliphatic rings. The topological polar surface area (TPSA) is 95.6 Å². The van der Waals surface area contributed by atoms with E-state index in [-0.39, 0.29) is 0 Å². The van der Waals surface area contributed by atoms with E-state index in [2.05, 4.69) is 10.0 Å². The number of hydrogen-bond acceptors (Lipinski definition) is 5.